The third-order valence-electron chi connectivity index (χ3n) is 13.7. The molecule has 0 amide bonds. The van der Waals surface area contributed by atoms with E-state index in [0.29, 0.717) is 0 Å². The number of anilines is 3. The van der Waals surface area contributed by atoms with Crippen molar-refractivity contribution in [2.75, 3.05) is 4.90 Å². The summed E-state index contributed by atoms with van der Waals surface area (Å²) in [6.07, 6.45) is 5.62. The molecular formula is C56H44N2. The third-order valence-corrected chi connectivity index (χ3v) is 13.7. The molecule has 4 atom stereocenters. The first-order valence-corrected chi connectivity index (χ1v) is 21.1. The highest BCUT2D eigenvalue weighted by Crippen LogP contribution is 2.61. The van der Waals surface area contributed by atoms with Crippen LogP contribution in [0.1, 0.15) is 48.6 Å². The summed E-state index contributed by atoms with van der Waals surface area (Å²) in [7, 11) is 0. The minimum Gasteiger partial charge on any atom is -0.311 e. The molecule has 1 aromatic heterocycles. The van der Waals surface area contributed by atoms with Crippen molar-refractivity contribution in [1.82, 2.24) is 4.57 Å². The van der Waals surface area contributed by atoms with Gasteiger partial charge in [0.15, 0.2) is 0 Å². The van der Waals surface area contributed by atoms with E-state index in [1.165, 1.54) is 86.6 Å². The highest BCUT2D eigenvalue weighted by Gasteiger charge is 2.47. The Morgan fingerprint density at radius 2 is 0.897 bits per heavy atom. The lowest BCUT2D eigenvalue weighted by atomic mass is 9.69. The SMILES string of the molecule is c1ccc(-c2ccc(-c3ccc(N(c4ccccc4)c4ccc(-c5ccc6c7cc8c(cc7n(-c7ccccc7)c6c5)C5CC6CC(C5)C8C6)cc4)cc3)cc2)cc1. The number of hydrogen-bond donors (Lipinski definition) is 0. The van der Waals surface area contributed by atoms with Crippen LogP contribution in [0.5, 0.6) is 0 Å². The average molecular weight is 745 g/mol. The monoisotopic (exact) mass is 744 g/mol. The maximum absolute atomic E-state index is 2.62. The maximum Gasteiger partial charge on any atom is 0.0547 e. The molecule has 0 aliphatic heterocycles. The summed E-state index contributed by atoms with van der Waals surface area (Å²) in [6.45, 7) is 0. The van der Waals surface area contributed by atoms with E-state index in [4.69, 9.17) is 0 Å². The standard InChI is InChI=1S/C56H44N2/c1-4-10-38(11-5-1)39-16-18-40(19-17-39)41-20-25-48(26-21-41)57(46-12-6-2-7-13-46)49-27-22-42(23-28-49)43-24-29-50-54-35-53-51-32-37-30-44(51)33-45(31-37)52(53)36-56(54)58(55(50)34-43)47-14-8-3-9-15-47/h1-29,34-37,44-45,51H,30-33H2. The van der Waals surface area contributed by atoms with E-state index in [1.807, 2.05) is 0 Å². The van der Waals surface area contributed by atoms with E-state index in [0.717, 1.165) is 40.7 Å². The van der Waals surface area contributed by atoms with Crippen LogP contribution in [0.15, 0.2) is 194 Å². The van der Waals surface area contributed by atoms with Crippen LogP contribution >= 0.6 is 0 Å². The van der Waals surface area contributed by atoms with E-state index in [2.05, 4.69) is 204 Å². The van der Waals surface area contributed by atoms with Gasteiger partial charge in [0.2, 0.25) is 0 Å². The molecule has 0 N–H and O–H groups in total. The van der Waals surface area contributed by atoms with Gasteiger partial charge in [-0.3, -0.25) is 0 Å². The minimum atomic E-state index is 0.726. The molecule has 0 spiro atoms. The zero-order valence-corrected chi connectivity index (χ0v) is 32.5. The first kappa shape index (κ1) is 33.5. The van der Waals surface area contributed by atoms with E-state index < -0.39 is 0 Å². The number of benzene rings is 8. The first-order chi connectivity index (χ1) is 28.7. The molecule has 0 saturated heterocycles. The van der Waals surface area contributed by atoms with Crippen molar-refractivity contribution in [3.8, 4) is 39.1 Å². The Labute approximate surface area is 340 Å². The number of rotatable bonds is 7. The predicted molar refractivity (Wildman–Crippen MR) is 243 cm³/mol. The van der Waals surface area contributed by atoms with Gasteiger partial charge in [-0.1, -0.05) is 127 Å². The molecule has 8 aromatic carbocycles. The third kappa shape index (κ3) is 5.54. The fourth-order valence-electron chi connectivity index (χ4n) is 11.1. The number of nitrogens with zero attached hydrogens (tertiary/aromatic N) is 2. The Bertz CT molecular complexity index is 2930. The summed E-state index contributed by atoms with van der Waals surface area (Å²) in [5.41, 5.74) is 17.9. The number of fused-ring (bicyclic) bond motifs is 8. The van der Waals surface area contributed by atoms with Gasteiger partial charge in [0.1, 0.15) is 0 Å². The van der Waals surface area contributed by atoms with Gasteiger partial charge in [-0.05, 0) is 161 Å². The van der Waals surface area contributed by atoms with Crippen molar-refractivity contribution >= 4 is 38.9 Å². The van der Waals surface area contributed by atoms with E-state index >= 15 is 0 Å². The quantitative estimate of drug-likeness (QED) is 0.158. The van der Waals surface area contributed by atoms with Gasteiger partial charge in [0.05, 0.1) is 11.0 Å². The van der Waals surface area contributed by atoms with E-state index in [9.17, 15) is 0 Å². The molecule has 9 aromatic rings. The van der Waals surface area contributed by atoms with Crippen molar-refractivity contribution in [3.63, 3.8) is 0 Å². The lowest BCUT2D eigenvalue weighted by molar-refractivity contribution is 0.297. The van der Waals surface area contributed by atoms with Gasteiger partial charge in [0, 0.05) is 33.5 Å². The highest BCUT2D eigenvalue weighted by molar-refractivity contribution is 6.11. The van der Waals surface area contributed by atoms with Gasteiger partial charge in [0.25, 0.3) is 0 Å². The van der Waals surface area contributed by atoms with Crippen LogP contribution in [0, 0.1) is 11.8 Å². The lowest BCUT2D eigenvalue weighted by Gasteiger charge is -2.36. The van der Waals surface area contributed by atoms with Crippen LogP contribution in [0.2, 0.25) is 0 Å². The fraction of sp³-hybridized carbons (Fsp3) is 0.143. The molecule has 3 aliphatic rings. The minimum absolute atomic E-state index is 0.726. The Kier molecular flexibility index (Phi) is 7.79. The smallest absolute Gasteiger partial charge is 0.0547 e. The largest absolute Gasteiger partial charge is 0.311 e. The van der Waals surface area contributed by atoms with Gasteiger partial charge in [-0.15, -0.1) is 0 Å². The molecule has 2 heteroatoms. The molecule has 2 saturated carbocycles. The molecule has 2 nitrogen and oxygen atoms in total. The van der Waals surface area contributed by atoms with Crippen LogP contribution in [0.4, 0.5) is 17.1 Å². The molecule has 4 unspecified atom stereocenters. The van der Waals surface area contributed by atoms with Gasteiger partial charge >= 0.3 is 0 Å². The van der Waals surface area contributed by atoms with Crippen molar-refractivity contribution in [2.45, 2.75) is 37.5 Å². The summed E-state index contributed by atoms with van der Waals surface area (Å²) < 4.78 is 2.53. The molecular weight excluding hydrogens is 701 g/mol. The Morgan fingerprint density at radius 1 is 0.379 bits per heavy atom. The van der Waals surface area contributed by atoms with Crippen molar-refractivity contribution in [3.05, 3.63) is 205 Å². The first-order valence-electron chi connectivity index (χ1n) is 21.1. The van der Waals surface area contributed by atoms with Crippen molar-refractivity contribution < 1.29 is 0 Å². The van der Waals surface area contributed by atoms with Gasteiger partial charge in [-0.25, -0.2) is 0 Å². The number of aromatic nitrogens is 1. The summed E-state index contributed by atoms with van der Waals surface area (Å²) >= 11 is 0. The van der Waals surface area contributed by atoms with Crippen molar-refractivity contribution in [2.24, 2.45) is 11.8 Å². The van der Waals surface area contributed by atoms with Crippen molar-refractivity contribution in [1.29, 1.82) is 0 Å². The maximum atomic E-state index is 2.62. The Morgan fingerprint density at radius 3 is 1.55 bits per heavy atom. The second-order valence-corrected chi connectivity index (χ2v) is 17.0. The van der Waals surface area contributed by atoms with E-state index in [1.54, 1.807) is 11.1 Å². The number of hydrogen-bond acceptors (Lipinski definition) is 1. The summed E-state index contributed by atoms with van der Waals surface area (Å²) in [6, 6.07) is 71.6. The second-order valence-electron chi connectivity index (χ2n) is 17.0. The summed E-state index contributed by atoms with van der Waals surface area (Å²) in [4.78, 5) is 2.35. The molecule has 58 heavy (non-hydrogen) atoms. The Hall–Kier alpha value is -6.64. The summed E-state index contributed by atoms with van der Waals surface area (Å²) in [5, 5.41) is 2.75. The zero-order valence-electron chi connectivity index (χ0n) is 32.5. The molecule has 12 rings (SSSR count). The normalized spacial score (nSPS) is 19.1. The molecule has 3 aliphatic carbocycles. The fourth-order valence-corrected chi connectivity index (χ4v) is 11.1. The Balaban J connectivity index is 0.903. The lowest BCUT2D eigenvalue weighted by Crippen LogP contribution is -2.22. The van der Waals surface area contributed by atoms with Crippen LogP contribution in [0.25, 0.3) is 60.9 Å². The van der Waals surface area contributed by atoms with Crippen LogP contribution in [-0.2, 0) is 0 Å². The van der Waals surface area contributed by atoms with Gasteiger partial charge < -0.3 is 9.47 Å². The summed E-state index contributed by atoms with van der Waals surface area (Å²) in [5.74, 6) is 3.30. The predicted octanol–water partition coefficient (Wildman–Crippen LogP) is 15.3. The molecule has 0 radical (unpaired) electrons. The second kappa shape index (κ2) is 13.5. The molecule has 3 bridgehead atoms. The number of para-hydroxylation sites is 2. The van der Waals surface area contributed by atoms with Crippen LogP contribution < -0.4 is 4.90 Å². The van der Waals surface area contributed by atoms with Crippen LogP contribution in [0.3, 0.4) is 0 Å². The van der Waals surface area contributed by atoms with Gasteiger partial charge in [-0.2, -0.15) is 0 Å². The topological polar surface area (TPSA) is 8.17 Å². The average Bonchev–Trinajstić information content (AvgIpc) is 3.74. The molecule has 1 heterocycles. The molecule has 2 fully saturated rings. The zero-order chi connectivity index (χ0) is 38.2. The highest BCUT2D eigenvalue weighted by atomic mass is 15.1. The molecule has 278 valence electrons. The van der Waals surface area contributed by atoms with Crippen LogP contribution in [-0.4, -0.2) is 4.57 Å². The van der Waals surface area contributed by atoms with E-state index in [-0.39, 0.29) is 0 Å².